The second kappa shape index (κ2) is 6.57. The molecule has 0 radical (unpaired) electrons. The first-order valence-electron chi connectivity index (χ1n) is 6.09. The van der Waals surface area contributed by atoms with Crippen LogP contribution in [0.5, 0.6) is 0 Å². The molecule has 2 aromatic carbocycles. The molecular formula is C16H11BrClN3. The van der Waals surface area contributed by atoms with Gasteiger partial charge >= 0.3 is 0 Å². The molecule has 0 aliphatic rings. The quantitative estimate of drug-likeness (QED) is 0.667. The number of fused-ring (bicyclic) bond motifs is 1. The lowest BCUT2D eigenvalue weighted by Crippen LogP contribution is -1.84. The molecule has 3 nitrogen and oxygen atoms in total. The molecule has 3 rings (SSSR count). The maximum absolute atomic E-state index is 9.33. The number of aromatic nitrogens is 2. The summed E-state index contributed by atoms with van der Waals surface area (Å²) in [5.74, 6) is 0.594. The van der Waals surface area contributed by atoms with Gasteiger partial charge in [0, 0.05) is 4.47 Å². The van der Waals surface area contributed by atoms with Gasteiger partial charge in [0.1, 0.15) is 11.9 Å². The number of halogens is 2. The number of rotatable bonds is 2. The topological polar surface area (TPSA) is 52.5 Å². The van der Waals surface area contributed by atoms with Gasteiger partial charge in [0.2, 0.25) is 0 Å². The summed E-state index contributed by atoms with van der Waals surface area (Å²) in [6.45, 7) is 0. The standard InChI is InChI=1S/C16H10BrN3.ClH/c17-13-7-5-11(6-8-13)9-12(10-18)16-19-14-3-1-2-4-15(14)20-16;/h1-9H,(H,19,20);1H. The Kier molecular flexibility index (Phi) is 4.79. The van der Waals surface area contributed by atoms with Gasteiger partial charge in [-0.1, -0.05) is 40.2 Å². The van der Waals surface area contributed by atoms with E-state index in [1.54, 1.807) is 0 Å². The number of hydrogen-bond donors (Lipinski definition) is 1. The summed E-state index contributed by atoms with van der Waals surface area (Å²) in [7, 11) is 0. The number of imidazole rings is 1. The molecule has 0 spiro atoms. The van der Waals surface area contributed by atoms with E-state index in [-0.39, 0.29) is 12.4 Å². The van der Waals surface area contributed by atoms with Crippen molar-refractivity contribution in [1.29, 1.82) is 5.26 Å². The van der Waals surface area contributed by atoms with Crippen molar-refractivity contribution >= 4 is 51.0 Å². The first-order chi connectivity index (χ1) is 9.76. The highest BCUT2D eigenvalue weighted by atomic mass is 79.9. The molecule has 0 aliphatic heterocycles. The van der Waals surface area contributed by atoms with Crippen molar-refractivity contribution in [3.63, 3.8) is 0 Å². The fourth-order valence-electron chi connectivity index (χ4n) is 1.96. The van der Waals surface area contributed by atoms with Crippen molar-refractivity contribution < 1.29 is 0 Å². The second-order valence-electron chi connectivity index (χ2n) is 4.32. The van der Waals surface area contributed by atoms with Crippen LogP contribution in [0, 0.1) is 11.3 Å². The molecule has 5 heteroatoms. The van der Waals surface area contributed by atoms with Crippen molar-refractivity contribution in [3.05, 3.63) is 64.4 Å². The van der Waals surface area contributed by atoms with Crippen LogP contribution in [0.3, 0.4) is 0 Å². The second-order valence-corrected chi connectivity index (χ2v) is 5.24. The molecule has 0 saturated heterocycles. The van der Waals surface area contributed by atoms with Crippen LogP contribution < -0.4 is 0 Å². The van der Waals surface area contributed by atoms with E-state index < -0.39 is 0 Å². The number of nitrogens with zero attached hydrogens (tertiary/aromatic N) is 2. The average Bonchev–Trinajstić information content (AvgIpc) is 2.90. The predicted molar refractivity (Wildman–Crippen MR) is 91.0 cm³/mol. The summed E-state index contributed by atoms with van der Waals surface area (Å²) >= 11 is 3.39. The molecule has 0 amide bonds. The molecule has 0 saturated carbocycles. The van der Waals surface area contributed by atoms with E-state index in [1.165, 1.54) is 0 Å². The summed E-state index contributed by atoms with van der Waals surface area (Å²) in [4.78, 5) is 7.61. The van der Waals surface area contributed by atoms with Gasteiger partial charge in [0.15, 0.2) is 0 Å². The third-order valence-corrected chi connectivity index (χ3v) is 3.47. The molecule has 21 heavy (non-hydrogen) atoms. The Morgan fingerprint density at radius 1 is 1.14 bits per heavy atom. The number of aromatic amines is 1. The van der Waals surface area contributed by atoms with Gasteiger partial charge in [-0.05, 0) is 35.9 Å². The third kappa shape index (κ3) is 3.33. The Labute approximate surface area is 136 Å². The zero-order valence-electron chi connectivity index (χ0n) is 10.9. The van der Waals surface area contributed by atoms with Crippen molar-refractivity contribution in [2.24, 2.45) is 0 Å². The van der Waals surface area contributed by atoms with Gasteiger partial charge in [0.05, 0.1) is 16.6 Å². The van der Waals surface area contributed by atoms with Gasteiger partial charge in [-0.15, -0.1) is 12.4 Å². The maximum Gasteiger partial charge on any atom is 0.149 e. The van der Waals surface area contributed by atoms with Crippen LogP contribution in [0.4, 0.5) is 0 Å². The van der Waals surface area contributed by atoms with Gasteiger partial charge in [-0.3, -0.25) is 0 Å². The van der Waals surface area contributed by atoms with E-state index in [0.29, 0.717) is 11.4 Å². The summed E-state index contributed by atoms with van der Waals surface area (Å²) in [6, 6.07) is 17.7. The zero-order chi connectivity index (χ0) is 13.9. The van der Waals surface area contributed by atoms with Crippen LogP contribution >= 0.6 is 28.3 Å². The Morgan fingerprint density at radius 3 is 2.52 bits per heavy atom. The van der Waals surface area contributed by atoms with Crippen molar-refractivity contribution in [1.82, 2.24) is 9.97 Å². The molecule has 0 fully saturated rings. The normalized spacial score (nSPS) is 11.0. The summed E-state index contributed by atoms with van der Waals surface area (Å²) in [5.41, 5.74) is 3.27. The summed E-state index contributed by atoms with van der Waals surface area (Å²) in [6.07, 6.45) is 1.82. The lowest BCUT2D eigenvalue weighted by Gasteiger charge is -1.96. The largest absolute Gasteiger partial charge is 0.337 e. The fourth-order valence-corrected chi connectivity index (χ4v) is 2.22. The minimum absolute atomic E-state index is 0. The highest BCUT2D eigenvalue weighted by molar-refractivity contribution is 9.10. The zero-order valence-corrected chi connectivity index (χ0v) is 13.3. The fraction of sp³-hybridized carbons (Fsp3) is 0. The monoisotopic (exact) mass is 359 g/mol. The molecule has 0 unspecified atom stereocenters. The first-order valence-corrected chi connectivity index (χ1v) is 6.88. The summed E-state index contributed by atoms with van der Waals surface area (Å²) in [5, 5.41) is 9.33. The van der Waals surface area contributed by atoms with Crippen LogP contribution in [0.15, 0.2) is 53.0 Å². The molecule has 3 aromatic rings. The predicted octanol–water partition coefficient (Wildman–Crippen LogP) is 4.81. The molecule has 0 bridgehead atoms. The van der Waals surface area contributed by atoms with E-state index in [4.69, 9.17) is 0 Å². The minimum atomic E-state index is 0. The molecular weight excluding hydrogens is 350 g/mol. The lowest BCUT2D eigenvalue weighted by atomic mass is 10.1. The van der Waals surface area contributed by atoms with E-state index in [9.17, 15) is 5.26 Å². The maximum atomic E-state index is 9.33. The van der Waals surface area contributed by atoms with Crippen LogP contribution in [-0.2, 0) is 0 Å². The number of hydrogen-bond acceptors (Lipinski definition) is 2. The minimum Gasteiger partial charge on any atom is -0.337 e. The molecule has 1 aromatic heterocycles. The van der Waals surface area contributed by atoms with E-state index in [1.807, 2.05) is 54.6 Å². The van der Waals surface area contributed by atoms with Gasteiger partial charge in [0.25, 0.3) is 0 Å². The highest BCUT2D eigenvalue weighted by Crippen LogP contribution is 2.20. The lowest BCUT2D eigenvalue weighted by molar-refractivity contribution is 1.27. The highest BCUT2D eigenvalue weighted by Gasteiger charge is 2.07. The van der Waals surface area contributed by atoms with Crippen LogP contribution in [-0.4, -0.2) is 9.97 Å². The Morgan fingerprint density at radius 2 is 1.86 bits per heavy atom. The smallest absolute Gasteiger partial charge is 0.149 e. The molecule has 1 N–H and O–H groups in total. The van der Waals surface area contributed by atoms with Gasteiger partial charge in [-0.25, -0.2) is 4.98 Å². The van der Waals surface area contributed by atoms with Crippen molar-refractivity contribution in [2.45, 2.75) is 0 Å². The number of benzene rings is 2. The van der Waals surface area contributed by atoms with E-state index >= 15 is 0 Å². The average molecular weight is 361 g/mol. The number of H-pyrrole nitrogens is 1. The number of nitriles is 1. The molecule has 1 heterocycles. The molecule has 104 valence electrons. The van der Waals surface area contributed by atoms with Crippen molar-refractivity contribution in [2.75, 3.05) is 0 Å². The number of para-hydroxylation sites is 2. The van der Waals surface area contributed by atoms with Crippen LogP contribution in [0.25, 0.3) is 22.7 Å². The van der Waals surface area contributed by atoms with Crippen molar-refractivity contribution in [3.8, 4) is 6.07 Å². The Hall–Kier alpha value is -2.09. The SMILES string of the molecule is Cl.N#CC(=Cc1ccc(Br)cc1)c1nc2ccccc2[nH]1. The Bertz CT molecular complexity index is 796. The van der Waals surface area contributed by atoms with Crippen LogP contribution in [0.2, 0.25) is 0 Å². The number of nitrogens with one attached hydrogen (secondary N) is 1. The van der Waals surface area contributed by atoms with Gasteiger partial charge in [-0.2, -0.15) is 5.26 Å². The van der Waals surface area contributed by atoms with Crippen LogP contribution in [0.1, 0.15) is 11.4 Å². The number of allylic oxidation sites excluding steroid dienone is 1. The molecule has 0 atom stereocenters. The van der Waals surface area contributed by atoms with Gasteiger partial charge < -0.3 is 4.98 Å². The third-order valence-electron chi connectivity index (χ3n) is 2.95. The summed E-state index contributed by atoms with van der Waals surface area (Å²) < 4.78 is 1.01. The Balaban J connectivity index is 0.00000161. The first kappa shape index (κ1) is 15.3. The molecule has 0 aliphatic carbocycles. The van der Waals surface area contributed by atoms with E-state index in [2.05, 4.69) is 32.0 Å². The van der Waals surface area contributed by atoms with E-state index in [0.717, 1.165) is 21.1 Å².